The standard InChI is InChI=1S/C25H28Cl2N4O4/c1-13(2)11-20(32)24(34)28-14(3)23(33)30-22-25(35)31(4)19-10-9-15(26)12-17(19)21(29-22)16-7-5-6-8-18(16)27/h5-10,12-14,20,22,32H,11H2,1-4H3,(H,28,34)(H,30,33)/t14-,20-,22?/m0/s1. The number of halogens is 2. The van der Waals surface area contributed by atoms with Gasteiger partial charge in [-0.05, 0) is 43.5 Å². The number of nitrogens with one attached hydrogen (secondary N) is 2. The number of amides is 3. The maximum absolute atomic E-state index is 13.3. The van der Waals surface area contributed by atoms with Gasteiger partial charge in [0.2, 0.25) is 18.0 Å². The van der Waals surface area contributed by atoms with Crippen LogP contribution in [0.5, 0.6) is 0 Å². The SMILES string of the molecule is CC(C)C[C@H](O)C(=O)N[C@@H](C)C(=O)NC1N=C(c2ccccc2Cl)c2cc(Cl)ccc2N(C)C1=O. The van der Waals surface area contributed by atoms with Crippen molar-refractivity contribution in [2.75, 3.05) is 11.9 Å². The minimum absolute atomic E-state index is 0.103. The average molecular weight is 519 g/mol. The molecule has 3 N–H and O–H groups in total. The zero-order valence-electron chi connectivity index (χ0n) is 19.9. The molecule has 1 aliphatic heterocycles. The normalized spacial score (nSPS) is 17.3. The molecule has 10 heteroatoms. The Morgan fingerprint density at radius 3 is 2.43 bits per heavy atom. The Balaban J connectivity index is 1.93. The third-order valence-corrected chi connectivity index (χ3v) is 6.12. The van der Waals surface area contributed by atoms with E-state index in [1.54, 1.807) is 49.5 Å². The average Bonchev–Trinajstić information content (AvgIpc) is 2.89. The van der Waals surface area contributed by atoms with Crippen molar-refractivity contribution in [2.45, 2.75) is 45.5 Å². The van der Waals surface area contributed by atoms with Crippen molar-refractivity contribution in [1.82, 2.24) is 10.6 Å². The highest BCUT2D eigenvalue weighted by Gasteiger charge is 2.33. The van der Waals surface area contributed by atoms with Gasteiger partial charge in [0.15, 0.2) is 0 Å². The molecule has 1 aliphatic rings. The van der Waals surface area contributed by atoms with Gasteiger partial charge in [0, 0.05) is 28.2 Å². The van der Waals surface area contributed by atoms with E-state index >= 15 is 0 Å². The van der Waals surface area contributed by atoms with E-state index in [0.29, 0.717) is 32.6 Å². The number of hydrogen-bond acceptors (Lipinski definition) is 5. The van der Waals surface area contributed by atoms with E-state index in [1.165, 1.54) is 11.8 Å². The van der Waals surface area contributed by atoms with Crippen LogP contribution in [-0.4, -0.2) is 53.9 Å². The molecule has 0 aliphatic carbocycles. The summed E-state index contributed by atoms with van der Waals surface area (Å²) in [6.07, 6.45) is -2.26. The molecule has 1 unspecified atom stereocenters. The second-order valence-corrected chi connectivity index (χ2v) is 9.65. The number of carbonyl (C=O) groups is 3. The molecule has 0 radical (unpaired) electrons. The molecule has 0 spiro atoms. The summed E-state index contributed by atoms with van der Waals surface area (Å²) in [6.45, 7) is 5.22. The molecule has 0 saturated carbocycles. The smallest absolute Gasteiger partial charge is 0.272 e. The molecular formula is C25H28Cl2N4O4. The molecule has 0 fully saturated rings. The van der Waals surface area contributed by atoms with E-state index in [-0.39, 0.29) is 12.3 Å². The summed E-state index contributed by atoms with van der Waals surface area (Å²) < 4.78 is 0. The fraction of sp³-hybridized carbons (Fsp3) is 0.360. The lowest BCUT2D eigenvalue weighted by Crippen LogP contribution is -2.53. The molecule has 186 valence electrons. The van der Waals surface area contributed by atoms with Crippen LogP contribution in [0.1, 0.15) is 38.3 Å². The van der Waals surface area contributed by atoms with Crippen LogP contribution >= 0.6 is 23.2 Å². The van der Waals surface area contributed by atoms with Gasteiger partial charge >= 0.3 is 0 Å². The van der Waals surface area contributed by atoms with E-state index in [4.69, 9.17) is 23.2 Å². The first-order valence-corrected chi connectivity index (χ1v) is 11.9. The predicted octanol–water partition coefficient (Wildman–Crippen LogP) is 3.16. The van der Waals surface area contributed by atoms with Crippen LogP contribution in [0.2, 0.25) is 10.0 Å². The fourth-order valence-corrected chi connectivity index (χ4v) is 4.09. The van der Waals surface area contributed by atoms with Gasteiger partial charge in [0.25, 0.3) is 5.91 Å². The number of fused-ring (bicyclic) bond motifs is 1. The Kier molecular flexibility index (Phi) is 8.53. The molecular weight excluding hydrogens is 491 g/mol. The van der Waals surface area contributed by atoms with Gasteiger partial charge in [0.05, 0.1) is 11.4 Å². The van der Waals surface area contributed by atoms with Gasteiger partial charge in [0.1, 0.15) is 12.1 Å². The van der Waals surface area contributed by atoms with Gasteiger partial charge < -0.3 is 20.6 Å². The monoisotopic (exact) mass is 518 g/mol. The van der Waals surface area contributed by atoms with Crippen molar-refractivity contribution in [3.63, 3.8) is 0 Å². The Labute approximate surface area is 214 Å². The minimum Gasteiger partial charge on any atom is -0.383 e. The van der Waals surface area contributed by atoms with Crippen LogP contribution in [0.3, 0.4) is 0 Å². The zero-order valence-corrected chi connectivity index (χ0v) is 21.4. The summed E-state index contributed by atoms with van der Waals surface area (Å²) in [5, 5.41) is 16.0. The first kappa shape index (κ1) is 26.7. The van der Waals surface area contributed by atoms with E-state index < -0.39 is 36.0 Å². The lowest BCUT2D eigenvalue weighted by molar-refractivity contribution is -0.135. The largest absolute Gasteiger partial charge is 0.383 e. The maximum Gasteiger partial charge on any atom is 0.272 e. The molecule has 0 bridgehead atoms. The van der Waals surface area contributed by atoms with Crippen LogP contribution < -0.4 is 15.5 Å². The number of anilines is 1. The predicted molar refractivity (Wildman–Crippen MR) is 137 cm³/mol. The summed E-state index contributed by atoms with van der Waals surface area (Å²) >= 11 is 12.7. The van der Waals surface area contributed by atoms with E-state index in [2.05, 4.69) is 15.6 Å². The molecule has 35 heavy (non-hydrogen) atoms. The number of aliphatic hydroxyl groups is 1. The molecule has 0 aromatic heterocycles. The highest BCUT2D eigenvalue weighted by atomic mass is 35.5. The summed E-state index contributed by atoms with van der Waals surface area (Å²) in [5.74, 6) is -1.67. The molecule has 2 aromatic carbocycles. The van der Waals surface area contributed by atoms with Gasteiger partial charge in [-0.2, -0.15) is 0 Å². The number of benzodiazepines with no additional fused rings is 1. The van der Waals surface area contributed by atoms with Crippen molar-refractivity contribution in [3.05, 3.63) is 63.6 Å². The quantitative estimate of drug-likeness (QED) is 0.522. The van der Waals surface area contributed by atoms with Crippen LogP contribution in [0.25, 0.3) is 0 Å². The highest BCUT2D eigenvalue weighted by Crippen LogP contribution is 2.31. The zero-order chi connectivity index (χ0) is 25.9. The highest BCUT2D eigenvalue weighted by molar-refractivity contribution is 6.37. The van der Waals surface area contributed by atoms with Crippen molar-refractivity contribution in [3.8, 4) is 0 Å². The molecule has 3 atom stereocenters. The van der Waals surface area contributed by atoms with Gasteiger partial charge in [-0.25, -0.2) is 4.99 Å². The van der Waals surface area contributed by atoms with Gasteiger partial charge in [-0.15, -0.1) is 0 Å². The molecule has 3 amide bonds. The molecule has 1 heterocycles. The lowest BCUT2D eigenvalue weighted by Gasteiger charge is -2.23. The summed E-state index contributed by atoms with van der Waals surface area (Å²) in [5.41, 5.74) is 2.09. The van der Waals surface area contributed by atoms with Crippen molar-refractivity contribution >= 4 is 52.3 Å². The third kappa shape index (κ3) is 6.20. The Morgan fingerprint density at radius 1 is 1.09 bits per heavy atom. The first-order valence-electron chi connectivity index (χ1n) is 11.2. The van der Waals surface area contributed by atoms with Crippen LogP contribution in [0.4, 0.5) is 5.69 Å². The van der Waals surface area contributed by atoms with Crippen molar-refractivity contribution in [2.24, 2.45) is 10.9 Å². The maximum atomic E-state index is 13.3. The number of nitrogens with zero attached hydrogens (tertiary/aromatic N) is 2. The third-order valence-electron chi connectivity index (χ3n) is 5.56. The van der Waals surface area contributed by atoms with Crippen molar-refractivity contribution in [1.29, 1.82) is 0 Å². The van der Waals surface area contributed by atoms with Crippen LogP contribution in [-0.2, 0) is 14.4 Å². The molecule has 3 rings (SSSR count). The second kappa shape index (κ2) is 11.2. The van der Waals surface area contributed by atoms with Gasteiger partial charge in [-0.3, -0.25) is 14.4 Å². The Bertz CT molecular complexity index is 1170. The lowest BCUT2D eigenvalue weighted by atomic mass is 10.00. The molecule has 0 saturated heterocycles. The minimum atomic E-state index is -1.29. The van der Waals surface area contributed by atoms with Crippen LogP contribution in [0, 0.1) is 5.92 Å². The van der Waals surface area contributed by atoms with Gasteiger partial charge in [-0.1, -0.05) is 55.2 Å². The Morgan fingerprint density at radius 2 is 1.77 bits per heavy atom. The number of hydrogen-bond donors (Lipinski definition) is 3. The van der Waals surface area contributed by atoms with E-state index in [9.17, 15) is 19.5 Å². The second-order valence-electron chi connectivity index (χ2n) is 8.80. The van der Waals surface area contributed by atoms with E-state index in [0.717, 1.165) is 0 Å². The Hall–Kier alpha value is -2.94. The number of aliphatic hydroxyl groups excluding tert-OH is 1. The first-order chi connectivity index (χ1) is 16.5. The van der Waals surface area contributed by atoms with Crippen molar-refractivity contribution < 1.29 is 19.5 Å². The number of rotatable bonds is 7. The summed E-state index contributed by atoms with van der Waals surface area (Å²) in [7, 11) is 1.58. The van der Waals surface area contributed by atoms with E-state index in [1.807, 2.05) is 13.8 Å². The number of likely N-dealkylation sites (N-methyl/N-ethyl adjacent to an activating group) is 1. The van der Waals surface area contributed by atoms with Crippen LogP contribution in [0.15, 0.2) is 47.5 Å². The number of benzene rings is 2. The summed E-state index contributed by atoms with van der Waals surface area (Å²) in [4.78, 5) is 44.4. The number of aliphatic imine (C=N–C) groups is 1. The summed E-state index contributed by atoms with van der Waals surface area (Å²) in [6, 6.07) is 11.1. The molecule has 2 aromatic rings. The fourth-order valence-electron chi connectivity index (χ4n) is 3.70. The topological polar surface area (TPSA) is 111 Å². The number of carbonyl (C=O) groups excluding carboxylic acids is 3. The molecule has 8 nitrogen and oxygen atoms in total.